The molecule has 5 nitrogen and oxygen atoms in total. The number of aliphatic hydroxyl groups excluding tert-OH is 1. The summed E-state index contributed by atoms with van der Waals surface area (Å²) in [6, 6.07) is 7.43. The van der Waals surface area contributed by atoms with E-state index >= 15 is 0 Å². The van der Waals surface area contributed by atoms with E-state index in [4.69, 9.17) is 14.2 Å². The molecule has 0 saturated carbocycles. The third-order valence-corrected chi connectivity index (χ3v) is 3.82. The van der Waals surface area contributed by atoms with E-state index in [1.807, 2.05) is 24.3 Å². The van der Waals surface area contributed by atoms with Crippen molar-refractivity contribution in [3.8, 4) is 11.5 Å². The van der Waals surface area contributed by atoms with Crippen molar-refractivity contribution in [2.45, 2.75) is 25.6 Å². The van der Waals surface area contributed by atoms with E-state index in [1.54, 1.807) is 7.11 Å². The van der Waals surface area contributed by atoms with Crippen molar-refractivity contribution in [2.24, 2.45) is 5.92 Å². The van der Waals surface area contributed by atoms with Crippen LogP contribution in [-0.4, -0.2) is 50.7 Å². The molecule has 0 radical (unpaired) electrons. The normalized spacial score (nSPS) is 23.0. The number of ether oxygens (including phenoxy) is 3. The highest BCUT2D eigenvalue weighted by Gasteiger charge is 2.23. The molecule has 21 heavy (non-hydrogen) atoms. The maximum Gasteiger partial charge on any atom is 0.161 e. The van der Waals surface area contributed by atoms with Crippen molar-refractivity contribution in [1.29, 1.82) is 0 Å². The van der Waals surface area contributed by atoms with Gasteiger partial charge in [-0.15, -0.1) is 0 Å². The Balaban J connectivity index is 1.66. The molecule has 3 atom stereocenters. The first-order valence-corrected chi connectivity index (χ1v) is 7.47. The van der Waals surface area contributed by atoms with Gasteiger partial charge in [-0.2, -0.15) is 0 Å². The zero-order chi connectivity index (χ0) is 15.1. The lowest BCUT2D eigenvalue weighted by Gasteiger charge is -2.18. The van der Waals surface area contributed by atoms with E-state index in [2.05, 4.69) is 12.2 Å². The van der Waals surface area contributed by atoms with E-state index in [1.165, 1.54) is 0 Å². The van der Waals surface area contributed by atoms with Crippen molar-refractivity contribution in [3.05, 3.63) is 24.3 Å². The van der Waals surface area contributed by atoms with Gasteiger partial charge in [-0.1, -0.05) is 12.1 Å². The van der Waals surface area contributed by atoms with Gasteiger partial charge in [0.2, 0.25) is 0 Å². The second-order valence-corrected chi connectivity index (χ2v) is 5.40. The van der Waals surface area contributed by atoms with Crippen LogP contribution in [0.25, 0.3) is 0 Å². The Morgan fingerprint density at radius 2 is 2.14 bits per heavy atom. The largest absolute Gasteiger partial charge is 0.493 e. The second kappa shape index (κ2) is 8.22. The Labute approximate surface area is 126 Å². The predicted octanol–water partition coefficient (Wildman–Crippen LogP) is 1.45. The highest BCUT2D eigenvalue weighted by molar-refractivity contribution is 5.39. The molecular weight excluding hydrogens is 270 g/mol. The number of aliphatic hydroxyl groups is 1. The molecule has 1 aliphatic heterocycles. The minimum atomic E-state index is -0.549. The van der Waals surface area contributed by atoms with Gasteiger partial charge in [0.15, 0.2) is 11.5 Å². The second-order valence-electron chi connectivity index (χ2n) is 5.40. The zero-order valence-corrected chi connectivity index (χ0v) is 12.7. The molecule has 2 N–H and O–H groups in total. The minimum absolute atomic E-state index is 0.240. The summed E-state index contributed by atoms with van der Waals surface area (Å²) in [4.78, 5) is 0. The fraction of sp³-hybridized carbons (Fsp3) is 0.625. The zero-order valence-electron chi connectivity index (χ0n) is 12.7. The summed E-state index contributed by atoms with van der Waals surface area (Å²) >= 11 is 0. The number of methoxy groups -OCH3 is 1. The summed E-state index contributed by atoms with van der Waals surface area (Å²) in [7, 11) is 1.60. The molecule has 1 heterocycles. The highest BCUT2D eigenvalue weighted by atomic mass is 16.5. The molecule has 1 aliphatic rings. The van der Waals surface area contributed by atoms with Gasteiger partial charge in [-0.3, -0.25) is 0 Å². The first-order valence-electron chi connectivity index (χ1n) is 7.47. The first-order chi connectivity index (χ1) is 10.2. The molecule has 0 amide bonds. The van der Waals surface area contributed by atoms with E-state index in [9.17, 15) is 5.11 Å². The van der Waals surface area contributed by atoms with Gasteiger partial charge in [0.05, 0.1) is 13.2 Å². The van der Waals surface area contributed by atoms with Gasteiger partial charge < -0.3 is 24.6 Å². The van der Waals surface area contributed by atoms with Crippen LogP contribution in [0.5, 0.6) is 11.5 Å². The Morgan fingerprint density at radius 3 is 2.81 bits per heavy atom. The van der Waals surface area contributed by atoms with E-state index < -0.39 is 6.10 Å². The molecule has 0 aromatic heterocycles. The quantitative estimate of drug-likeness (QED) is 0.760. The molecule has 2 rings (SSSR count). The van der Waals surface area contributed by atoms with Gasteiger partial charge in [-0.25, -0.2) is 0 Å². The van der Waals surface area contributed by atoms with Crippen LogP contribution in [0, 0.1) is 5.92 Å². The average Bonchev–Trinajstić information content (AvgIpc) is 2.91. The fourth-order valence-corrected chi connectivity index (χ4v) is 2.46. The molecule has 0 bridgehead atoms. The van der Waals surface area contributed by atoms with Gasteiger partial charge >= 0.3 is 0 Å². The minimum Gasteiger partial charge on any atom is -0.493 e. The van der Waals surface area contributed by atoms with Crippen LogP contribution < -0.4 is 14.8 Å². The summed E-state index contributed by atoms with van der Waals surface area (Å²) < 4.78 is 16.3. The lowest BCUT2D eigenvalue weighted by molar-refractivity contribution is 0.0938. The summed E-state index contributed by atoms with van der Waals surface area (Å²) in [5.74, 6) is 1.86. The lowest BCUT2D eigenvalue weighted by atomic mass is 10.0. The van der Waals surface area contributed by atoms with Gasteiger partial charge in [-0.05, 0) is 31.4 Å². The van der Waals surface area contributed by atoms with Crippen LogP contribution in [0.2, 0.25) is 0 Å². The molecule has 0 aliphatic carbocycles. The Kier molecular flexibility index (Phi) is 6.29. The van der Waals surface area contributed by atoms with E-state index in [0.29, 0.717) is 30.1 Å². The Hall–Kier alpha value is -1.30. The molecular formula is C16H25NO4. The van der Waals surface area contributed by atoms with Gasteiger partial charge in [0.1, 0.15) is 12.7 Å². The SMILES string of the molecule is COc1ccccc1OCC(O)CNCC1CCOC1C. The third-order valence-electron chi connectivity index (χ3n) is 3.82. The smallest absolute Gasteiger partial charge is 0.161 e. The number of nitrogens with one attached hydrogen (secondary N) is 1. The predicted molar refractivity (Wildman–Crippen MR) is 80.9 cm³/mol. The van der Waals surface area contributed by atoms with Crippen molar-refractivity contribution in [3.63, 3.8) is 0 Å². The fourth-order valence-electron chi connectivity index (χ4n) is 2.46. The Bertz CT molecular complexity index is 426. The van der Waals surface area contributed by atoms with Crippen molar-refractivity contribution < 1.29 is 19.3 Å². The third kappa shape index (κ3) is 4.88. The summed E-state index contributed by atoms with van der Waals surface area (Å²) in [5, 5.41) is 13.2. The molecule has 1 aromatic carbocycles. The average molecular weight is 295 g/mol. The molecule has 3 unspecified atom stereocenters. The van der Waals surface area contributed by atoms with Crippen LogP contribution in [0.4, 0.5) is 0 Å². The Morgan fingerprint density at radius 1 is 1.38 bits per heavy atom. The number of hydrogen-bond donors (Lipinski definition) is 2. The highest BCUT2D eigenvalue weighted by Crippen LogP contribution is 2.25. The van der Waals surface area contributed by atoms with Crippen LogP contribution in [-0.2, 0) is 4.74 Å². The molecule has 118 valence electrons. The van der Waals surface area contributed by atoms with Gasteiger partial charge in [0.25, 0.3) is 0 Å². The van der Waals surface area contributed by atoms with Gasteiger partial charge in [0, 0.05) is 19.7 Å². The monoisotopic (exact) mass is 295 g/mol. The number of rotatable bonds is 8. The van der Waals surface area contributed by atoms with E-state index in [0.717, 1.165) is 19.6 Å². The first kappa shape index (κ1) is 16.1. The van der Waals surface area contributed by atoms with Crippen molar-refractivity contribution in [2.75, 3.05) is 33.4 Å². The number of benzene rings is 1. The molecule has 1 saturated heterocycles. The molecule has 1 fully saturated rings. The lowest BCUT2D eigenvalue weighted by Crippen LogP contribution is -2.35. The maximum atomic E-state index is 9.95. The van der Waals surface area contributed by atoms with Crippen LogP contribution in [0.3, 0.4) is 0 Å². The number of para-hydroxylation sites is 2. The summed E-state index contributed by atoms with van der Waals surface area (Å²) in [5.41, 5.74) is 0. The summed E-state index contributed by atoms with van der Waals surface area (Å²) in [6.45, 7) is 4.56. The maximum absolute atomic E-state index is 9.95. The molecule has 1 aromatic rings. The van der Waals surface area contributed by atoms with Crippen LogP contribution >= 0.6 is 0 Å². The van der Waals surface area contributed by atoms with Crippen LogP contribution in [0.15, 0.2) is 24.3 Å². The molecule has 0 spiro atoms. The summed E-state index contributed by atoms with van der Waals surface area (Å²) in [6.07, 6.45) is 0.842. The van der Waals surface area contributed by atoms with Crippen molar-refractivity contribution >= 4 is 0 Å². The molecule has 5 heteroatoms. The number of hydrogen-bond acceptors (Lipinski definition) is 5. The van der Waals surface area contributed by atoms with E-state index in [-0.39, 0.29) is 6.61 Å². The van der Waals surface area contributed by atoms with Crippen molar-refractivity contribution in [1.82, 2.24) is 5.32 Å². The standard InChI is InChI=1S/C16H25NO4/c1-12-13(7-8-20-12)9-17-10-14(18)11-21-16-6-4-3-5-15(16)19-2/h3-6,12-14,17-18H,7-11H2,1-2H3. The van der Waals surface area contributed by atoms with Crippen LogP contribution in [0.1, 0.15) is 13.3 Å². The topological polar surface area (TPSA) is 60.0 Å².